The Morgan fingerprint density at radius 1 is 1.03 bits per heavy atom. The van der Waals surface area contributed by atoms with Crippen molar-refractivity contribution in [1.82, 2.24) is 0 Å². The van der Waals surface area contributed by atoms with Crippen molar-refractivity contribution in [2.24, 2.45) is 0 Å². The second-order valence-electron chi connectivity index (χ2n) is 5.78. The van der Waals surface area contributed by atoms with Crippen LogP contribution in [0.2, 0.25) is 5.02 Å². The molecule has 3 rings (SSSR count). The summed E-state index contributed by atoms with van der Waals surface area (Å²) < 4.78 is 5.06. The zero-order valence-electron chi connectivity index (χ0n) is 14.8. The van der Waals surface area contributed by atoms with Crippen LogP contribution in [0.15, 0.2) is 60.0 Å². The number of carbonyl (C=O) groups is 3. The summed E-state index contributed by atoms with van der Waals surface area (Å²) >= 11 is 7.03. The molecule has 0 bridgehead atoms. The van der Waals surface area contributed by atoms with Gasteiger partial charge in [-0.1, -0.05) is 29.8 Å². The van der Waals surface area contributed by atoms with Crippen LogP contribution in [-0.2, 0) is 9.53 Å². The molecular weight excluding hydrogens is 412 g/mol. The van der Waals surface area contributed by atoms with E-state index in [0.29, 0.717) is 21.2 Å². The Kier molecular flexibility index (Phi) is 6.39. The minimum Gasteiger partial charge on any atom is -0.452 e. The van der Waals surface area contributed by atoms with Gasteiger partial charge in [0.15, 0.2) is 12.4 Å². The minimum atomic E-state index is -0.801. The number of hydrogen-bond acceptors (Lipinski definition) is 6. The van der Waals surface area contributed by atoms with Crippen LogP contribution in [0.4, 0.5) is 5.00 Å². The Labute approximate surface area is 175 Å². The van der Waals surface area contributed by atoms with Gasteiger partial charge in [-0.25, -0.2) is 4.79 Å². The maximum Gasteiger partial charge on any atom is 0.339 e. The van der Waals surface area contributed by atoms with Gasteiger partial charge in [-0.3, -0.25) is 9.59 Å². The molecule has 1 amide bonds. The third kappa shape index (κ3) is 4.88. The number of anilines is 1. The first-order valence-corrected chi connectivity index (χ1v) is 9.59. The molecule has 1 N–H and O–H groups in total. The molecule has 0 unspecified atom stereocenters. The van der Waals surface area contributed by atoms with Crippen LogP contribution in [0.1, 0.15) is 31.8 Å². The summed E-state index contributed by atoms with van der Waals surface area (Å²) in [6.07, 6.45) is 0. The maximum atomic E-state index is 12.7. The lowest BCUT2D eigenvalue weighted by molar-refractivity contribution is -0.119. The predicted molar refractivity (Wildman–Crippen MR) is 109 cm³/mol. The lowest BCUT2D eigenvalue weighted by atomic mass is 9.98. The van der Waals surface area contributed by atoms with Crippen molar-refractivity contribution >= 4 is 45.6 Å². The molecule has 0 saturated carbocycles. The van der Waals surface area contributed by atoms with Gasteiger partial charge < -0.3 is 10.1 Å². The number of nitrogens with one attached hydrogen (secondary N) is 1. The third-order valence-electron chi connectivity index (χ3n) is 3.87. The number of nitrogens with zero attached hydrogens (tertiary/aromatic N) is 1. The second kappa shape index (κ2) is 9.15. The Hall–Kier alpha value is -3.47. The summed E-state index contributed by atoms with van der Waals surface area (Å²) in [6, 6.07) is 16.0. The molecule has 0 spiro atoms. The lowest BCUT2D eigenvalue weighted by Crippen LogP contribution is -2.22. The van der Waals surface area contributed by atoms with Crippen molar-refractivity contribution in [3.63, 3.8) is 0 Å². The van der Waals surface area contributed by atoms with E-state index in [1.165, 1.54) is 23.5 Å². The van der Waals surface area contributed by atoms with E-state index < -0.39 is 18.5 Å². The summed E-state index contributed by atoms with van der Waals surface area (Å²) in [5.74, 6) is -1.75. The van der Waals surface area contributed by atoms with Crippen LogP contribution >= 0.6 is 22.9 Å². The van der Waals surface area contributed by atoms with Gasteiger partial charge in [-0.15, -0.1) is 11.3 Å². The van der Waals surface area contributed by atoms with Crippen LogP contribution in [0.3, 0.4) is 0 Å². The van der Waals surface area contributed by atoms with Gasteiger partial charge in [-0.2, -0.15) is 5.26 Å². The fraction of sp³-hybridized carbons (Fsp3) is 0.0476. The SMILES string of the molecule is N#Cc1ccsc1NC(=O)COC(=O)c1ccccc1C(=O)c1ccc(Cl)cc1. The van der Waals surface area contributed by atoms with Crippen LogP contribution in [-0.4, -0.2) is 24.3 Å². The van der Waals surface area contributed by atoms with Gasteiger partial charge in [0.05, 0.1) is 11.1 Å². The third-order valence-corrected chi connectivity index (χ3v) is 4.95. The van der Waals surface area contributed by atoms with Crippen LogP contribution in [0.25, 0.3) is 0 Å². The highest BCUT2D eigenvalue weighted by molar-refractivity contribution is 7.14. The largest absolute Gasteiger partial charge is 0.452 e. The molecule has 0 atom stereocenters. The standard InChI is InChI=1S/C21H13ClN2O4S/c22-15-7-5-13(6-8-15)19(26)16-3-1-2-4-17(16)21(27)28-12-18(25)24-20-14(11-23)9-10-29-20/h1-10H,12H2,(H,24,25). The molecule has 144 valence electrons. The highest BCUT2D eigenvalue weighted by Gasteiger charge is 2.20. The number of thiophene rings is 1. The molecule has 2 aromatic carbocycles. The smallest absolute Gasteiger partial charge is 0.339 e. The number of amides is 1. The Morgan fingerprint density at radius 3 is 2.41 bits per heavy atom. The van der Waals surface area contributed by atoms with Gasteiger partial charge in [0, 0.05) is 16.1 Å². The van der Waals surface area contributed by atoms with Gasteiger partial charge in [-0.05, 0) is 41.8 Å². The average molecular weight is 425 g/mol. The molecule has 29 heavy (non-hydrogen) atoms. The summed E-state index contributed by atoms with van der Waals surface area (Å²) in [4.78, 5) is 37.2. The molecule has 6 nitrogen and oxygen atoms in total. The highest BCUT2D eigenvalue weighted by Crippen LogP contribution is 2.22. The van der Waals surface area contributed by atoms with Crippen LogP contribution < -0.4 is 5.32 Å². The van der Waals surface area contributed by atoms with E-state index >= 15 is 0 Å². The van der Waals surface area contributed by atoms with Crippen LogP contribution in [0, 0.1) is 11.3 Å². The monoisotopic (exact) mass is 424 g/mol. The maximum absolute atomic E-state index is 12.7. The first-order valence-electron chi connectivity index (χ1n) is 8.33. The molecule has 0 aliphatic heterocycles. The number of ketones is 1. The Balaban J connectivity index is 1.70. The lowest BCUT2D eigenvalue weighted by Gasteiger charge is -2.09. The quantitative estimate of drug-likeness (QED) is 0.470. The van der Waals surface area contributed by atoms with Crippen molar-refractivity contribution in [3.8, 4) is 6.07 Å². The van der Waals surface area contributed by atoms with Crippen molar-refractivity contribution in [1.29, 1.82) is 5.26 Å². The number of hydrogen-bond donors (Lipinski definition) is 1. The Bertz CT molecular complexity index is 1120. The fourth-order valence-corrected chi connectivity index (χ4v) is 3.36. The summed E-state index contributed by atoms with van der Waals surface area (Å²) in [6.45, 7) is -0.551. The summed E-state index contributed by atoms with van der Waals surface area (Å²) in [5, 5.41) is 14.0. The summed E-state index contributed by atoms with van der Waals surface area (Å²) in [5.41, 5.74) is 0.905. The number of nitriles is 1. The predicted octanol–water partition coefficient (Wildman–Crippen LogP) is 4.30. The van der Waals surface area contributed by atoms with Gasteiger partial charge in [0.2, 0.25) is 0 Å². The molecule has 0 aliphatic carbocycles. The van der Waals surface area contributed by atoms with Gasteiger partial charge in [0.1, 0.15) is 11.1 Å². The highest BCUT2D eigenvalue weighted by atomic mass is 35.5. The van der Waals surface area contributed by atoms with E-state index in [9.17, 15) is 14.4 Å². The first-order chi connectivity index (χ1) is 14.0. The molecule has 1 aromatic heterocycles. The molecule has 0 saturated heterocycles. The zero-order chi connectivity index (χ0) is 20.8. The van der Waals surface area contributed by atoms with Crippen molar-refractivity contribution in [3.05, 3.63) is 87.3 Å². The minimum absolute atomic E-state index is 0.0501. The van der Waals surface area contributed by atoms with Crippen molar-refractivity contribution < 1.29 is 19.1 Å². The van der Waals surface area contributed by atoms with Gasteiger partial charge >= 0.3 is 5.97 Å². The van der Waals surface area contributed by atoms with Crippen LogP contribution in [0.5, 0.6) is 0 Å². The van der Waals surface area contributed by atoms with E-state index in [2.05, 4.69) is 5.32 Å². The normalized spacial score (nSPS) is 10.1. The van der Waals surface area contributed by atoms with Crippen molar-refractivity contribution in [2.75, 3.05) is 11.9 Å². The Morgan fingerprint density at radius 2 is 1.72 bits per heavy atom. The number of ether oxygens (including phenoxy) is 1. The molecular formula is C21H13ClN2O4S. The number of halogens is 1. The summed E-state index contributed by atoms with van der Waals surface area (Å²) in [7, 11) is 0. The van der Waals surface area contributed by atoms with E-state index in [1.54, 1.807) is 47.8 Å². The topological polar surface area (TPSA) is 96.3 Å². The molecule has 8 heteroatoms. The van der Waals surface area contributed by atoms with E-state index in [0.717, 1.165) is 0 Å². The zero-order valence-corrected chi connectivity index (χ0v) is 16.4. The number of carbonyl (C=O) groups excluding carboxylic acids is 3. The average Bonchev–Trinajstić information content (AvgIpc) is 3.19. The van der Waals surface area contributed by atoms with Crippen molar-refractivity contribution in [2.45, 2.75) is 0 Å². The molecule has 1 heterocycles. The van der Waals surface area contributed by atoms with E-state index in [-0.39, 0.29) is 16.9 Å². The number of benzene rings is 2. The van der Waals surface area contributed by atoms with Gasteiger partial charge in [0.25, 0.3) is 5.91 Å². The number of esters is 1. The second-order valence-corrected chi connectivity index (χ2v) is 7.13. The van der Waals surface area contributed by atoms with E-state index in [4.69, 9.17) is 21.6 Å². The fourth-order valence-electron chi connectivity index (χ4n) is 2.48. The first kappa shape index (κ1) is 20.3. The molecule has 3 aromatic rings. The molecule has 0 aliphatic rings. The van der Waals surface area contributed by atoms with E-state index in [1.807, 2.05) is 6.07 Å². The number of rotatable bonds is 6. The molecule has 0 radical (unpaired) electrons. The molecule has 0 fully saturated rings.